The van der Waals surface area contributed by atoms with E-state index in [-0.39, 0.29) is 12.2 Å². The quantitative estimate of drug-likeness (QED) is 0.903. The standard InChI is InChI=1S/C15H17NO3/c1-18-12-5-3-2-4-11(12)14(17)15(9-16)8-10-6-7-13(15)19-10/h2-5,10,13-14,17H,6-8H2,1H3. The summed E-state index contributed by atoms with van der Waals surface area (Å²) in [5, 5.41) is 20.3. The molecule has 1 aromatic rings. The van der Waals surface area contributed by atoms with Crippen molar-refractivity contribution in [1.82, 2.24) is 0 Å². The van der Waals surface area contributed by atoms with Crippen LogP contribution in [0.2, 0.25) is 0 Å². The first-order chi connectivity index (χ1) is 9.21. The van der Waals surface area contributed by atoms with E-state index in [1.54, 1.807) is 13.2 Å². The van der Waals surface area contributed by atoms with Gasteiger partial charge in [-0.15, -0.1) is 0 Å². The minimum Gasteiger partial charge on any atom is -0.496 e. The Hall–Kier alpha value is -1.57. The number of hydrogen-bond donors (Lipinski definition) is 1. The van der Waals surface area contributed by atoms with Crippen LogP contribution in [0.5, 0.6) is 5.75 Å². The van der Waals surface area contributed by atoms with E-state index in [4.69, 9.17) is 9.47 Å². The molecule has 2 heterocycles. The molecule has 4 atom stereocenters. The van der Waals surface area contributed by atoms with Gasteiger partial charge in [0.15, 0.2) is 0 Å². The number of para-hydroxylation sites is 1. The summed E-state index contributed by atoms with van der Waals surface area (Å²) in [5.41, 5.74) is -0.167. The van der Waals surface area contributed by atoms with Gasteiger partial charge in [-0.3, -0.25) is 0 Å². The van der Waals surface area contributed by atoms with E-state index in [9.17, 15) is 10.4 Å². The Kier molecular flexibility index (Phi) is 2.96. The lowest BCUT2D eigenvalue weighted by Gasteiger charge is -2.33. The number of nitriles is 1. The van der Waals surface area contributed by atoms with Crippen molar-refractivity contribution in [2.24, 2.45) is 5.41 Å². The van der Waals surface area contributed by atoms with Gasteiger partial charge in [0.1, 0.15) is 17.3 Å². The maximum Gasteiger partial charge on any atom is 0.124 e. The number of hydrogen-bond acceptors (Lipinski definition) is 4. The largest absolute Gasteiger partial charge is 0.496 e. The molecule has 0 saturated carbocycles. The van der Waals surface area contributed by atoms with Crippen LogP contribution in [0.15, 0.2) is 24.3 Å². The molecule has 100 valence electrons. The van der Waals surface area contributed by atoms with Gasteiger partial charge in [0.25, 0.3) is 0 Å². The Morgan fingerprint density at radius 2 is 2.26 bits per heavy atom. The Balaban J connectivity index is 1.99. The van der Waals surface area contributed by atoms with Gasteiger partial charge in [0, 0.05) is 5.56 Å². The fourth-order valence-electron chi connectivity index (χ4n) is 3.38. The van der Waals surface area contributed by atoms with Gasteiger partial charge in [-0.1, -0.05) is 18.2 Å². The highest BCUT2D eigenvalue weighted by Gasteiger charge is 2.57. The third kappa shape index (κ3) is 1.73. The van der Waals surface area contributed by atoms with E-state index in [1.807, 2.05) is 18.2 Å². The normalized spacial score (nSPS) is 33.9. The summed E-state index contributed by atoms with van der Waals surface area (Å²) < 4.78 is 11.1. The van der Waals surface area contributed by atoms with E-state index in [1.165, 1.54) is 0 Å². The predicted octanol–water partition coefficient (Wildman–Crippen LogP) is 2.19. The summed E-state index contributed by atoms with van der Waals surface area (Å²) in [5.74, 6) is 0.618. The summed E-state index contributed by atoms with van der Waals surface area (Å²) >= 11 is 0. The van der Waals surface area contributed by atoms with Gasteiger partial charge in [-0.25, -0.2) is 0 Å². The molecule has 1 N–H and O–H groups in total. The number of benzene rings is 1. The van der Waals surface area contributed by atoms with E-state index >= 15 is 0 Å². The molecule has 2 aliphatic heterocycles. The Morgan fingerprint density at radius 3 is 2.84 bits per heavy atom. The van der Waals surface area contributed by atoms with Crippen LogP contribution in [-0.4, -0.2) is 24.4 Å². The molecule has 0 radical (unpaired) electrons. The van der Waals surface area contributed by atoms with Crippen LogP contribution in [0.3, 0.4) is 0 Å². The maximum atomic E-state index is 10.7. The average Bonchev–Trinajstić information content (AvgIpc) is 3.07. The summed E-state index contributed by atoms with van der Waals surface area (Å²) in [7, 11) is 1.57. The van der Waals surface area contributed by atoms with Crippen LogP contribution in [0, 0.1) is 16.7 Å². The molecule has 2 fully saturated rings. The third-order valence-corrected chi connectivity index (χ3v) is 4.38. The van der Waals surface area contributed by atoms with Crippen molar-refractivity contribution in [2.75, 3.05) is 7.11 Å². The fourth-order valence-corrected chi connectivity index (χ4v) is 3.38. The smallest absolute Gasteiger partial charge is 0.124 e. The molecule has 0 amide bonds. The first kappa shape index (κ1) is 12.5. The van der Waals surface area contributed by atoms with Crippen LogP contribution in [0.1, 0.15) is 30.9 Å². The molecular formula is C15H17NO3. The zero-order chi connectivity index (χ0) is 13.5. The number of methoxy groups -OCH3 is 1. The molecule has 0 aromatic heterocycles. The van der Waals surface area contributed by atoms with E-state index in [0.29, 0.717) is 17.7 Å². The summed E-state index contributed by atoms with van der Waals surface area (Å²) in [6.07, 6.45) is 1.53. The fraction of sp³-hybridized carbons (Fsp3) is 0.533. The molecule has 1 aromatic carbocycles. The Morgan fingerprint density at radius 1 is 1.47 bits per heavy atom. The lowest BCUT2D eigenvalue weighted by atomic mass is 9.69. The number of aliphatic hydroxyl groups is 1. The number of fused-ring (bicyclic) bond motifs is 2. The summed E-state index contributed by atoms with van der Waals surface area (Å²) in [6.45, 7) is 0. The minimum absolute atomic E-state index is 0.119. The second-order valence-corrected chi connectivity index (χ2v) is 5.32. The van der Waals surface area contributed by atoms with Crippen LogP contribution in [0.4, 0.5) is 0 Å². The molecule has 4 unspecified atom stereocenters. The molecule has 2 aliphatic rings. The minimum atomic E-state index is -0.871. The lowest BCUT2D eigenvalue weighted by molar-refractivity contribution is 0.00235. The zero-order valence-corrected chi connectivity index (χ0v) is 10.9. The number of ether oxygens (including phenoxy) is 2. The number of aliphatic hydroxyl groups excluding tert-OH is 1. The summed E-state index contributed by atoms with van der Waals surface area (Å²) in [6, 6.07) is 9.65. The van der Waals surface area contributed by atoms with Crippen molar-refractivity contribution in [3.05, 3.63) is 29.8 Å². The molecule has 3 rings (SSSR count). The SMILES string of the molecule is COc1ccccc1C(O)C1(C#N)CC2CCC1O2. The third-order valence-electron chi connectivity index (χ3n) is 4.38. The molecular weight excluding hydrogens is 242 g/mol. The van der Waals surface area contributed by atoms with Crippen LogP contribution < -0.4 is 4.74 Å². The maximum absolute atomic E-state index is 10.7. The molecule has 4 heteroatoms. The second kappa shape index (κ2) is 4.52. The highest BCUT2D eigenvalue weighted by atomic mass is 16.5. The van der Waals surface area contributed by atoms with Crippen molar-refractivity contribution in [1.29, 1.82) is 5.26 Å². The van der Waals surface area contributed by atoms with Crippen molar-refractivity contribution >= 4 is 0 Å². The van der Waals surface area contributed by atoms with Crippen LogP contribution >= 0.6 is 0 Å². The predicted molar refractivity (Wildman–Crippen MR) is 68.5 cm³/mol. The van der Waals surface area contributed by atoms with Gasteiger partial charge < -0.3 is 14.6 Å². The molecule has 2 bridgehead atoms. The molecule has 0 spiro atoms. The second-order valence-electron chi connectivity index (χ2n) is 5.32. The molecule has 0 aliphatic carbocycles. The van der Waals surface area contributed by atoms with Crippen LogP contribution in [-0.2, 0) is 4.74 Å². The Bertz CT molecular complexity index is 524. The highest BCUT2D eigenvalue weighted by Crippen LogP contribution is 2.54. The number of nitrogens with zero attached hydrogens (tertiary/aromatic N) is 1. The van der Waals surface area contributed by atoms with E-state index in [0.717, 1.165) is 12.8 Å². The van der Waals surface area contributed by atoms with Gasteiger partial charge in [-0.2, -0.15) is 5.26 Å². The van der Waals surface area contributed by atoms with Crippen molar-refractivity contribution in [3.63, 3.8) is 0 Å². The zero-order valence-electron chi connectivity index (χ0n) is 10.9. The Labute approximate surface area is 112 Å². The van der Waals surface area contributed by atoms with E-state index in [2.05, 4.69) is 6.07 Å². The van der Waals surface area contributed by atoms with Gasteiger partial charge >= 0.3 is 0 Å². The average molecular weight is 259 g/mol. The van der Waals surface area contributed by atoms with E-state index < -0.39 is 11.5 Å². The first-order valence-corrected chi connectivity index (χ1v) is 6.59. The molecule has 2 saturated heterocycles. The van der Waals surface area contributed by atoms with Gasteiger partial charge in [0.05, 0.1) is 25.4 Å². The van der Waals surface area contributed by atoms with Crippen LogP contribution in [0.25, 0.3) is 0 Å². The van der Waals surface area contributed by atoms with Crippen molar-refractivity contribution in [2.45, 2.75) is 37.6 Å². The monoisotopic (exact) mass is 259 g/mol. The van der Waals surface area contributed by atoms with Crippen molar-refractivity contribution < 1.29 is 14.6 Å². The summed E-state index contributed by atoms with van der Waals surface area (Å²) in [4.78, 5) is 0. The van der Waals surface area contributed by atoms with Crippen molar-refractivity contribution in [3.8, 4) is 11.8 Å². The number of rotatable bonds is 3. The molecule has 4 nitrogen and oxygen atoms in total. The van der Waals surface area contributed by atoms with Gasteiger partial charge in [0.2, 0.25) is 0 Å². The highest BCUT2D eigenvalue weighted by molar-refractivity contribution is 5.38. The lowest BCUT2D eigenvalue weighted by Crippen LogP contribution is -2.37. The first-order valence-electron chi connectivity index (χ1n) is 6.59. The van der Waals surface area contributed by atoms with Gasteiger partial charge in [-0.05, 0) is 25.3 Å². The topological polar surface area (TPSA) is 62.5 Å². The molecule has 19 heavy (non-hydrogen) atoms.